The average molecular weight is 753 g/mol. The number of carbonyl (C=O) groups excluding carboxylic acids is 2. The van der Waals surface area contributed by atoms with Crippen LogP contribution < -0.4 is 9.47 Å². The number of aliphatic hydroxyl groups is 1. The fraction of sp³-hybridized carbons (Fsp3) is 0.436. The van der Waals surface area contributed by atoms with Crippen molar-refractivity contribution < 1.29 is 47.0 Å². The lowest BCUT2D eigenvalue weighted by Crippen LogP contribution is -2.53. The summed E-state index contributed by atoms with van der Waals surface area (Å²) >= 11 is 0. The summed E-state index contributed by atoms with van der Waals surface area (Å²) in [5, 5.41) is 23.3. The van der Waals surface area contributed by atoms with E-state index in [1.165, 1.54) is 30.0 Å². The van der Waals surface area contributed by atoms with Crippen LogP contribution in [0.3, 0.4) is 0 Å². The number of benzene rings is 3. The van der Waals surface area contributed by atoms with Crippen molar-refractivity contribution in [1.29, 1.82) is 0 Å². The standard InChI is InChI=1S/C39H43F3N4O8/c1-3-53-37(48)28-10-7-17-44(23-28)36(47)27-11-14-34(35(20-27)52-2)54-30-15-18-43(19-16-30)25-38(49,39(40,41)42)32-24-45(22-26-8-5-4-6-9-26)33-21-29(46(50)51)12-13-31(32)33/h4-6,8-9,11-14,20-21,24,28,30,49H,3,7,10,15-19,22-23,25H2,1-2H3. The summed E-state index contributed by atoms with van der Waals surface area (Å²) in [5.41, 5.74) is -2.60. The number of nitro groups is 1. The van der Waals surface area contributed by atoms with Crippen LogP contribution in [0.25, 0.3) is 10.9 Å². The van der Waals surface area contributed by atoms with E-state index in [-0.39, 0.29) is 78.8 Å². The molecule has 15 heteroatoms. The maximum atomic E-state index is 15.0. The van der Waals surface area contributed by atoms with E-state index in [9.17, 15) is 38.0 Å². The van der Waals surface area contributed by atoms with Gasteiger partial charge in [0, 0.05) is 74.1 Å². The van der Waals surface area contributed by atoms with Gasteiger partial charge in [-0.1, -0.05) is 30.3 Å². The molecular formula is C39H43F3N4O8. The zero-order chi connectivity index (χ0) is 38.6. The number of amides is 1. The molecule has 2 saturated heterocycles. The molecule has 2 fully saturated rings. The fourth-order valence-corrected chi connectivity index (χ4v) is 7.34. The monoisotopic (exact) mass is 752 g/mol. The van der Waals surface area contributed by atoms with Gasteiger partial charge in [-0.25, -0.2) is 0 Å². The molecule has 0 aliphatic carbocycles. The predicted molar refractivity (Wildman–Crippen MR) is 192 cm³/mol. The van der Waals surface area contributed by atoms with Gasteiger partial charge in [0.25, 0.3) is 11.6 Å². The Bertz CT molecular complexity index is 1980. The third kappa shape index (κ3) is 8.16. The van der Waals surface area contributed by atoms with Gasteiger partial charge in [-0.2, -0.15) is 13.2 Å². The minimum atomic E-state index is -5.07. The topological polar surface area (TPSA) is 137 Å². The second-order valence-corrected chi connectivity index (χ2v) is 13.8. The van der Waals surface area contributed by atoms with Crippen LogP contribution >= 0.6 is 0 Å². The van der Waals surface area contributed by atoms with Gasteiger partial charge in [0.05, 0.1) is 30.1 Å². The highest BCUT2D eigenvalue weighted by Crippen LogP contribution is 2.44. The van der Waals surface area contributed by atoms with Crippen molar-refractivity contribution in [2.24, 2.45) is 5.92 Å². The van der Waals surface area contributed by atoms with E-state index in [1.807, 2.05) is 0 Å². The van der Waals surface area contributed by atoms with E-state index >= 15 is 0 Å². The molecule has 2 aliphatic rings. The van der Waals surface area contributed by atoms with Gasteiger partial charge in [-0.05, 0) is 62.4 Å². The molecule has 3 aromatic carbocycles. The Morgan fingerprint density at radius 1 is 0.981 bits per heavy atom. The quantitative estimate of drug-likeness (QED) is 0.100. The van der Waals surface area contributed by atoms with Crippen LogP contribution in [-0.4, -0.2) is 95.0 Å². The molecule has 2 aliphatic heterocycles. The number of non-ortho nitro benzene ring substituents is 1. The first kappa shape index (κ1) is 38.6. The highest BCUT2D eigenvalue weighted by atomic mass is 19.4. The van der Waals surface area contributed by atoms with Crippen LogP contribution in [0.5, 0.6) is 11.5 Å². The number of esters is 1. The number of β-amino-alcohol motifs (C(OH)–C–C–N with tert-alkyl or cyclic N) is 1. The average Bonchev–Trinajstić information content (AvgIpc) is 3.53. The first-order valence-corrected chi connectivity index (χ1v) is 17.9. The van der Waals surface area contributed by atoms with Crippen LogP contribution in [0.4, 0.5) is 18.9 Å². The first-order valence-electron chi connectivity index (χ1n) is 17.9. The molecule has 4 aromatic rings. The van der Waals surface area contributed by atoms with Gasteiger partial charge < -0.3 is 28.8 Å². The van der Waals surface area contributed by atoms with E-state index < -0.39 is 23.2 Å². The molecule has 1 N–H and O–H groups in total. The minimum absolute atomic E-state index is 0.0719. The number of alkyl halides is 3. The van der Waals surface area contributed by atoms with E-state index in [0.29, 0.717) is 49.3 Å². The third-order valence-electron chi connectivity index (χ3n) is 10.2. The SMILES string of the molecule is CCOC(=O)C1CCCN(C(=O)c2ccc(OC3CCN(CC(O)(c4cn(Cc5ccccc5)c5cc([N+](=O)[O-])ccc45)C(F)(F)F)CC3)c(OC)c2)C1. The molecule has 0 spiro atoms. The van der Waals surface area contributed by atoms with E-state index in [4.69, 9.17) is 14.2 Å². The summed E-state index contributed by atoms with van der Waals surface area (Å²) < 4.78 is 63.4. The number of methoxy groups -OCH3 is 1. The Morgan fingerprint density at radius 2 is 1.72 bits per heavy atom. The fourth-order valence-electron chi connectivity index (χ4n) is 7.34. The normalized spacial score (nSPS) is 18.3. The zero-order valence-electron chi connectivity index (χ0n) is 30.1. The Kier molecular flexibility index (Phi) is 11.5. The summed E-state index contributed by atoms with van der Waals surface area (Å²) in [6.45, 7) is 2.55. The molecule has 0 bridgehead atoms. The molecule has 1 aromatic heterocycles. The highest BCUT2D eigenvalue weighted by Gasteiger charge is 2.57. The molecule has 1 amide bonds. The number of likely N-dealkylation sites (tertiary alicyclic amines) is 2. The van der Waals surface area contributed by atoms with Crippen molar-refractivity contribution in [3.63, 3.8) is 0 Å². The summed E-state index contributed by atoms with van der Waals surface area (Å²) in [6, 6.07) is 17.4. The van der Waals surface area contributed by atoms with Gasteiger partial charge >= 0.3 is 12.1 Å². The van der Waals surface area contributed by atoms with Crippen LogP contribution in [0.2, 0.25) is 0 Å². The number of carbonyl (C=O) groups is 2. The Labute approximate surface area is 310 Å². The maximum absolute atomic E-state index is 15.0. The molecule has 0 saturated carbocycles. The van der Waals surface area contributed by atoms with Crippen molar-refractivity contribution in [3.8, 4) is 11.5 Å². The number of hydrogen-bond acceptors (Lipinski definition) is 9. The molecule has 2 atom stereocenters. The lowest BCUT2D eigenvalue weighted by atomic mass is 9.91. The van der Waals surface area contributed by atoms with Gasteiger partial charge in [-0.15, -0.1) is 0 Å². The summed E-state index contributed by atoms with van der Waals surface area (Å²) in [4.78, 5) is 39.8. The number of fused-ring (bicyclic) bond motifs is 1. The van der Waals surface area contributed by atoms with Gasteiger partial charge in [0.15, 0.2) is 11.5 Å². The lowest BCUT2D eigenvalue weighted by molar-refractivity contribution is -0.384. The Balaban J connectivity index is 1.15. The lowest BCUT2D eigenvalue weighted by Gasteiger charge is -2.39. The van der Waals surface area contributed by atoms with Crippen molar-refractivity contribution >= 4 is 28.5 Å². The van der Waals surface area contributed by atoms with Crippen molar-refractivity contribution in [1.82, 2.24) is 14.4 Å². The van der Waals surface area contributed by atoms with Crippen molar-refractivity contribution in [2.45, 2.75) is 57.0 Å². The number of nitro benzene ring substituents is 1. The minimum Gasteiger partial charge on any atom is -0.493 e. The van der Waals surface area contributed by atoms with Crippen molar-refractivity contribution in [2.75, 3.05) is 46.4 Å². The number of nitrogens with zero attached hydrogens (tertiary/aromatic N) is 4. The number of piperidine rings is 2. The van der Waals surface area contributed by atoms with E-state index in [0.717, 1.165) is 11.6 Å². The largest absolute Gasteiger partial charge is 0.493 e. The number of hydrogen-bond donors (Lipinski definition) is 1. The number of rotatable bonds is 12. The molecular weight excluding hydrogens is 709 g/mol. The summed E-state index contributed by atoms with van der Waals surface area (Å²) in [6.07, 6.45) is -2.18. The third-order valence-corrected chi connectivity index (χ3v) is 10.2. The number of aromatic nitrogens is 1. The molecule has 288 valence electrons. The predicted octanol–water partition coefficient (Wildman–Crippen LogP) is 6.32. The highest BCUT2D eigenvalue weighted by molar-refractivity contribution is 5.95. The zero-order valence-corrected chi connectivity index (χ0v) is 30.1. The van der Waals surface area contributed by atoms with Gasteiger partial charge in [0.2, 0.25) is 5.60 Å². The molecule has 54 heavy (non-hydrogen) atoms. The second-order valence-electron chi connectivity index (χ2n) is 13.8. The molecule has 2 unspecified atom stereocenters. The maximum Gasteiger partial charge on any atom is 0.422 e. The summed E-state index contributed by atoms with van der Waals surface area (Å²) in [7, 11) is 1.45. The molecule has 6 rings (SSSR count). The van der Waals surface area contributed by atoms with Gasteiger partial charge in [-0.3, -0.25) is 24.6 Å². The molecule has 12 nitrogen and oxygen atoms in total. The van der Waals surface area contributed by atoms with Crippen molar-refractivity contribution in [3.05, 3.63) is 99.7 Å². The first-order chi connectivity index (χ1) is 25.8. The van der Waals surface area contributed by atoms with Gasteiger partial charge in [0.1, 0.15) is 6.10 Å². The second kappa shape index (κ2) is 16.1. The van der Waals surface area contributed by atoms with Crippen LogP contribution in [0.1, 0.15) is 54.1 Å². The summed E-state index contributed by atoms with van der Waals surface area (Å²) in [5.74, 6) is -0.247. The van der Waals surface area contributed by atoms with E-state index in [1.54, 1.807) is 65.3 Å². The Morgan fingerprint density at radius 3 is 2.39 bits per heavy atom. The van der Waals surface area contributed by atoms with Crippen LogP contribution in [-0.2, 0) is 21.7 Å². The number of ether oxygens (including phenoxy) is 3. The van der Waals surface area contributed by atoms with Crippen LogP contribution in [0, 0.1) is 16.0 Å². The van der Waals surface area contributed by atoms with E-state index in [2.05, 4.69) is 0 Å². The molecule has 3 heterocycles. The smallest absolute Gasteiger partial charge is 0.422 e. The van der Waals surface area contributed by atoms with Crippen LogP contribution in [0.15, 0.2) is 72.9 Å². The molecule has 0 radical (unpaired) electrons. The number of halogens is 3. The Hall–Kier alpha value is -5.15.